The van der Waals surface area contributed by atoms with Crippen molar-refractivity contribution in [2.24, 2.45) is 0 Å². The molecule has 2 aliphatic heterocycles. The zero-order valence-electron chi connectivity index (χ0n) is 17.7. The molecule has 1 atom stereocenters. The Kier molecular flexibility index (Phi) is 6.02. The van der Waals surface area contributed by atoms with Crippen molar-refractivity contribution in [3.8, 4) is 11.5 Å². The molecule has 0 spiro atoms. The van der Waals surface area contributed by atoms with Crippen molar-refractivity contribution < 1.29 is 28.9 Å². The first-order valence-electron chi connectivity index (χ1n) is 10.2. The van der Waals surface area contributed by atoms with Crippen molar-refractivity contribution in [1.82, 2.24) is 4.90 Å². The van der Waals surface area contributed by atoms with Gasteiger partial charge in [0.25, 0.3) is 11.7 Å². The van der Waals surface area contributed by atoms with Crippen LogP contribution in [0.2, 0.25) is 0 Å². The third-order valence-corrected chi connectivity index (χ3v) is 6.36. The number of fused-ring (bicyclic) bond motifs is 1. The highest BCUT2D eigenvalue weighted by atomic mass is 32.1. The minimum Gasteiger partial charge on any atom is -0.507 e. The number of benzene rings is 1. The van der Waals surface area contributed by atoms with Gasteiger partial charge in [0.1, 0.15) is 19.0 Å². The standard InChI is InChI=1S/C23H25NO6S/c1-13(2)28-8-7-24-19(22-14(3)6-11-31-22)18(21(26)23(24)27)20(25)15-4-5-16-17(12-15)30-10-9-29-16/h4-6,11-13,19,25H,7-10H2,1-3H3/b20-18-. The van der Waals surface area contributed by atoms with E-state index in [2.05, 4.69) is 0 Å². The number of aliphatic hydroxyl groups is 1. The molecule has 4 rings (SSSR count). The third kappa shape index (κ3) is 4.05. The summed E-state index contributed by atoms with van der Waals surface area (Å²) < 4.78 is 16.8. The van der Waals surface area contributed by atoms with Crippen LogP contribution in [0.15, 0.2) is 35.2 Å². The second-order valence-corrected chi connectivity index (χ2v) is 8.69. The molecule has 2 aliphatic rings. The zero-order valence-corrected chi connectivity index (χ0v) is 18.5. The Morgan fingerprint density at radius 3 is 2.65 bits per heavy atom. The molecule has 1 aromatic carbocycles. The number of hydrogen-bond donors (Lipinski definition) is 1. The molecule has 3 heterocycles. The first kappa shape index (κ1) is 21.4. The molecular weight excluding hydrogens is 418 g/mol. The maximum Gasteiger partial charge on any atom is 0.295 e. The summed E-state index contributed by atoms with van der Waals surface area (Å²) in [7, 11) is 0. The van der Waals surface area contributed by atoms with Crippen molar-refractivity contribution in [1.29, 1.82) is 0 Å². The molecule has 164 valence electrons. The summed E-state index contributed by atoms with van der Waals surface area (Å²) in [6.07, 6.45) is 0.0106. The molecule has 0 aliphatic carbocycles. The minimum atomic E-state index is -0.699. The number of carbonyl (C=O) groups excluding carboxylic acids is 2. The monoisotopic (exact) mass is 443 g/mol. The zero-order chi connectivity index (χ0) is 22.1. The molecule has 2 aromatic rings. The number of ketones is 1. The highest BCUT2D eigenvalue weighted by Crippen LogP contribution is 2.43. The van der Waals surface area contributed by atoms with Gasteiger partial charge in [-0.15, -0.1) is 11.3 Å². The van der Waals surface area contributed by atoms with E-state index < -0.39 is 17.7 Å². The van der Waals surface area contributed by atoms with Crippen molar-refractivity contribution >= 4 is 28.8 Å². The van der Waals surface area contributed by atoms with Crippen LogP contribution in [0.5, 0.6) is 11.5 Å². The van der Waals surface area contributed by atoms with Crippen molar-refractivity contribution in [3.63, 3.8) is 0 Å². The molecule has 1 unspecified atom stereocenters. The lowest BCUT2D eigenvalue weighted by Crippen LogP contribution is -2.33. The highest BCUT2D eigenvalue weighted by Gasteiger charge is 2.47. The Balaban J connectivity index is 1.77. The van der Waals surface area contributed by atoms with Crippen LogP contribution in [0.4, 0.5) is 0 Å². The maximum atomic E-state index is 13.0. The Morgan fingerprint density at radius 2 is 1.97 bits per heavy atom. The predicted octanol–water partition coefficient (Wildman–Crippen LogP) is 3.67. The summed E-state index contributed by atoms with van der Waals surface area (Å²) in [6.45, 7) is 7.18. The number of nitrogens with zero attached hydrogens (tertiary/aromatic N) is 1. The quantitative estimate of drug-likeness (QED) is 0.417. The van der Waals surface area contributed by atoms with Crippen LogP contribution in [0, 0.1) is 6.92 Å². The smallest absolute Gasteiger partial charge is 0.295 e. The predicted molar refractivity (Wildman–Crippen MR) is 117 cm³/mol. The fourth-order valence-corrected chi connectivity index (χ4v) is 4.83. The second kappa shape index (κ2) is 8.72. The number of aryl methyl sites for hydroxylation is 1. The molecule has 0 bridgehead atoms. The lowest BCUT2D eigenvalue weighted by Gasteiger charge is -2.25. The molecule has 0 radical (unpaired) electrons. The first-order chi connectivity index (χ1) is 14.9. The number of aliphatic hydroxyl groups excluding tert-OH is 1. The number of amides is 1. The summed E-state index contributed by atoms with van der Waals surface area (Å²) in [5.74, 6) is -0.474. The largest absolute Gasteiger partial charge is 0.507 e. The maximum absolute atomic E-state index is 13.0. The summed E-state index contributed by atoms with van der Waals surface area (Å²) in [4.78, 5) is 28.3. The minimum absolute atomic E-state index is 0.0106. The van der Waals surface area contributed by atoms with Gasteiger partial charge in [-0.05, 0) is 56.0 Å². The summed E-state index contributed by atoms with van der Waals surface area (Å²) in [5.41, 5.74) is 1.44. The van der Waals surface area contributed by atoms with E-state index in [4.69, 9.17) is 14.2 Å². The Labute approximate surface area is 184 Å². The van der Waals surface area contributed by atoms with E-state index in [1.807, 2.05) is 32.2 Å². The first-order valence-corrected chi connectivity index (χ1v) is 11.1. The molecule has 31 heavy (non-hydrogen) atoms. The lowest BCUT2D eigenvalue weighted by atomic mass is 9.98. The Morgan fingerprint density at radius 1 is 1.23 bits per heavy atom. The SMILES string of the molecule is Cc1ccsc1C1/C(=C(/O)c2ccc3c(c2)OCCO3)C(=O)C(=O)N1CCOC(C)C. The number of hydrogen-bond acceptors (Lipinski definition) is 7. The summed E-state index contributed by atoms with van der Waals surface area (Å²) >= 11 is 1.46. The summed E-state index contributed by atoms with van der Waals surface area (Å²) in [6, 6.07) is 6.27. The number of ether oxygens (including phenoxy) is 3. The average Bonchev–Trinajstić information content (AvgIpc) is 3.28. The van der Waals surface area contributed by atoms with Gasteiger partial charge in [-0.25, -0.2) is 0 Å². The van der Waals surface area contributed by atoms with Crippen LogP contribution in [0.3, 0.4) is 0 Å². The Hall–Kier alpha value is -2.84. The third-order valence-electron chi connectivity index (χ3n) is 5.29. The normalized spacial score (nSPS) is 20.0. The molecule has 1 fully saturated rings. The van der Waals surface area contributed by atoms with Gasteiger partial charge < -0.3 is 24.2 Å². The van der Waals surface area contributed by atoms with Crippen LogP contribution < -0.4 is 9.47 Å². The molecule has 1 aromatic heterocycles. The molecule has 8 heteroatoms. The molecule has 7 nitrogen and oxygen atoms in total. The van der Waals surface area contributed by atoms with Gasteiger partial charge in [-0.3, -0.25) is 9.59 Å². The van der Waals surface area contributed by atoms with E-state index in [9.17, 15) is 14.7 Å². The van der Waals surface area contributed by atoms with Crippen LogP contribution in [-0.2, 0) is 14.3 Å². The number of rotatable bonds is 6. The fourth-order valence-electron chi connectivity index (χ4n) is 3.78. The van der Waals surface area contributed by atoms with Gasteiger partial charge in [0.05, 0.1) is 24.3 Å². The Bertz CT molecular complexity index is 1040. The number of Topliss-reactive ketones (excluding diaryl/α,β-unsaturated/α-hetero) is 1. The van der Waals surface area contributed by atoms with E-state index in [0.29, 0.717) is 36.9 Å². The number of carbonyl (C=O) groups is 2. The average molecular weight is 444 g/mol. The van der Waals surface area contributed by atoms with E-state index in [1.54, 1.807) is 18.2 Å². The van der Waals surface area contributed by atoms with Crippen molar-refractivity contribution in [2.45, 2.75) is 32.9 Å². The van der Waals surface area contributed by atoms with Crippen LogP contribution >= 0.6 is 11.3 Å². The number of likely N-dealkylation sites (tertiary alicyclic amines) is 1. The van der Waals surface area contributed by atoms with Crippen LogP contribution in [0.1, 0.15) is 35.9 Å². The fraction of sp³-hybridized carbons (Fsp3) is 0.391. The van der Waals surface area contributed by atoms with E-state index in [1.165, 1.54) is 16.2 Å². The van der Waals surface area contributed by atoms with Crippen LogP contribution in [-0.4, -0.2) is 54.2 Å². The van der Waals surface area contributed by atoms with E-state index >= 15 is 0 Å². The van der Waals surface area contributed by atoms with Gasteiger partial charge in [0.15, 0.2) is 11.5 Å². The van der Waals surface area contributed by atoms with Crippen molar-refractivity contribution in [3.05, 3.63) is 51.2 Å². The van der Waals surface area contributed by atoms with Crippen molar-refractivity contribution in [2.75, 3.05) is 26.4 Å². The van der Waals surface area contributed by atoms with Gasteiger partial charge >= 0.3 is 0 Å². The van der Waals surface area contributed by atoms with Gasteiger partial charge in [0, 0.05) is 17.0 Å². The van der Waals surface area contributed by atoms with Gasteiger partial charge in [0.2, 0.25) is 0 Å². The lowest BCUT2D eigenvalue weighted by molar-refractivity contribution is -0.140. The van der Waals surface area contributed by atoms with E-state index in [0.717, 1.165) is 10.4 Å². The van der Waals surface area contributed by atoms with Gasteiger partial charge in [-0.1, -0.05) is 0 Å². The molecule has 1 saturated heterocycles. The highest BCUT2D eigenvalue weighted by molar-refractivity contribution is 7.10. The number of thiophene rings is 1. The second-order valence-electron chi connectivity index (χ2n) is 7.74. The molecule has 1 amide bonds. The molecular formula is C23H25NO6S. The van der Waals surface area contributed by atoms with Gasteiger partial charge in [-0.2, -0.15) is 0 Å². The molecule has 0 saturated carbocycles. The van der Waals surface area contributed by atoms with E-state index in [-0.39, 0.29) is 24.0 Å². The molecule has 1 N–H and O–H groups in total. The summed E-state index contributed by atoms with van der Waals surface area (Å²) in [5, 5.41) is 13.1. The topological polar surface area (TPSA) is 85.3 Å². The van der Waals surface area contributed by atoms with Crippen LogP contribution in [0.25, 0.3) is 5.76 Å².